The van der Waals surface area contributed by atoms with E-state index in [0.29, 0.717) is 28.0 Å². The number of halogens is 2. The number of hydrogen-bond acceptors (Lipinski definition) is 4. The van der Waals surface area contributed by atoms with Crippen molar-refractivity contribution in [3.63, 3.8) is 0 Å². The summed E-state index contributed by atoms with van der Waals surface area (Å²) in [7, 11) is 0. The normalized spacial score (nSPS) is 10.7. The zero-order valence-electron chi connectivity index (χ0n) is 14.1. The third-order valence-corrected chi connectivity index (χ3v) is 4.33. The van der Waals surface area contributed by atoms with Crippen molar-refractivity contribution in [3.05, 3.63) is 93.7 Å². The van der Waals surface area contributed by atoms with Gasteiger partial charge in [0.05, 0.1) is 21.8 Å². The molecule has 7 heteroatoms. The average Bonchev–Trinajstić information content (AvgIpc) is 2.70. The molecule has 0 aliphatic rings. The molecule has 0 unspecified atom stereocenters. The van der Waals surface area contributed by atoms with E-state index < -0.39 is 0 Å². The molecule has 0 spiro atoms. The van der Waals surface area contributed by atoms with Crippen molar-refractivity contribution in [2.45, 2.75) is 6.61 Å². The Labute approximate surface area is 166 Å². The lowest BCUT2D eigenvalue weighted by molar-refractivity contribution is 0.0954. The van der Waals surface area contributed by atoms with Crippen LogP contribution in [0.5, 0.6) is 5.75 Å². The molecule has 5 nitrogen and oxygen atoms in total. The van der Waals surface area contributed by atoms with Crippen LogP contribution in [0.3, 0.4) is 0 Å². The highest BCUT2D eigenvalue weighted by Crippen LogP contribution is 2.24. The van der Waals surface area contributed by atoms with Crippen molar-refractivity contribution in [3.8, 4) is 5.75 Å². The Bertz CT molecular complexity index is 962. The SMILES string of the molecule is O=C(N/N=C\c1ccccc1OCc1ccc(Cl)c(Cl)c1)c1cccnc1. The lowest BCUT2D eigenvalue weighted by Crippen LogP contribution is -2.17. The summed E-state index contributed by atoms with van der Waals surface area (Å²) >= 11 is 11.9. The van der Waals surface area contributed by atoms with Crippen LogP contribution >= 0.6 is 23.2 Å². The third kappa shape index (κ3) is 5.29. The highest BCUT2D eigenvalue weighted by atomic mass is 35.5. The van der Waals surface area contributed by atoms with Crippen LogP contribution in [0.4, 0.5) is 0 Å². The predicted octanol–water partition coefficient (Wildman–Crippen LogP) is 4.73. The van der Waals surface area contributed by atoms with E-state index in [4.69, 9.17) is 27.9 Å². The smallest absolute Gasteiger partial charge is 0.272 e. The molecule has 0 bridgehead atoms. The van der Waals surface area contributed by atoms with Gasteiger partial charge >= 0.3 is 0 Å². The quantitative estimate of drug-likeness (QED) is 0.481. The molecule has 1 amide bonds. The second-order valence-electron chi connectivity index (χ2n) is 5.52. The highest BCUT2D eigenvalue weighted by Gasteiger charge is 2.05. The van der Waals surface area contributed by atoms with Gasteiger partial charge < -0.3 is 4.74 Å². The van der Waals surface area contributed by atoms with Crippen LogP contribution in [0.25, 0.3) is 0 Å². The molecule has 0 saturated carbocycles. The van der Waals surface area contributed by atoms with Gasteiger partial charge in [0.2, 0.25) is 0 Å². The molecule has 0 aliphatic heterocycles. The minimum absolute atomic E-state index is 0.323. The minimum atomic E-state index is -0.339. The van der Waals surface area contributed by atoms with Crippen molar-refractivity contribution in [2.75, 3.05) is 0 Å². The summed E-state index contributed by atoms with van der Waals surface area (Å²) in [6, 6.07) is 16.0. The average molecular weight is 400 g/mol. The number of carbonyl (C=O) groups excluding carboxylic acids is 1. The molecule has 1 heterocycles. The Hall–Kier alpha value is -2.89. The first-order valence-electron chi connectivity index (χ1n) is 8.02. The number of pyridine rings is 1. The van der Waals surface area contributed by atoms with Crippen LogP contribution in [0, 0.1) is 0 Å². The van der Waals surface area contributed by atoms with E-state index in [-0.39, 0.29) is 5.91 Å². The Kier molecular flexibility index (Phi) is 6.41. The Morgan fingerprint density at radius 3 is 2.74 bits per heavy atom. The summed E-state index contributed by atoms with van der Waals surface area (Å²) in [5, 5.41) is 4.96. The predicted molar refractivity (Wildman–Crippen MR) is 107 cm³/mol. The fourth-order valence-corrected chi connectivity index (χ4v) is 2.55. The molecule has 27 heavy (non-hydrogen) atoms. The molecular formula is C20H15Cl2N3O2. The minimum Gasteiger partial charge on any atom is -0.488 e. The van der Waals surface area contributed by atoms with Crippen molar-refractivity contribution >= 4 is 35.3 Å². The van der Waals surface area contributed by atoms with Gasteiger partial charge in [-0.25, -0.2) is 5.43 Å². The number of benzene rings is 2. The largest absolute Gasteiger partial charge is 0.488 e. The number of carbonyl (C=O) groups is 1. The molecule has 0 fully saturated rings. The first kappa shape index (κ1) is 18.9. The van der Waals surface area contributed by atoms with Crippen molar-refractivity contribution < 1.29 is 9.53 Å². The molecule has 0 atom stereocenters. The Balaban J connectivity index is 1.64. The van der Waals surface area contributed by atoms with E-state index in [1.165, 1.54) is 12.4 Å². The summed E-state index contributed by atoms with van der Waals surface area (Å²) in [5.74, 6) is 0.288. The Morgan fingerprint density at radius 2 is 1.96 bits per heavy atom. The third-order valence-electron chi connectivity index (χ3n) is 3.59. The summed E-state index contributed by atoms with van der Waals surface area (Å²) < 4.78 is 5.84. The van der Waals surface area contributed by atoms with Crippen molar-refractivity contribution in [1.82, 2.24) is 10.4 Å². The first-order valence-corrected chi connectivity index (χ1v) is 8.78. The number of para-hydroxylation sites is 1. The van der Waals surface area contributed by atoms with Gasteiger partial charge in [-0.3, -0.25) is 9.78 Å². The molecule has 1 N–H and O–H groups in total. The van der Waals surface area contributed by atoms with Gasteiger partial charge in [-0.05, 0) is 42.0 Å². The fraction of sp³-hybridized carbons (Fsp3) is 0.0500. The maximum Gasteiger partial charge on any atom is 0.272 e. The molecule has 3 rings (SSSR count). The number of nitrogens with one attached hydrogen (secondary N) is 1. The highest BCUT2D eigenvalue weighted by molar-refractivity contribution is 6.42. The Morgan fingerprint density at radius 1 is 1.11 bits per heavy atom. The summed E-state index contributed by atoms with van der Waals surface area (Å²) in [4.78, 5) is 15.9. The number of hydrogen-bond donors (Lipinski definition) is 1. The zero-order chi connectivity index (χ0) is 19.1. The van der Waals surface area contributed by atoms with Crippen molar-refractivity contribution in [2.24, 2.45) is 5.10 Å². The van der Waals surface area contributed by atoms with Gasteiger partial charge in [0.15, 0.2) is 0 Å². The van der Waals surface area contributed by atoms with E-state index in [1.807, 2.05) is 30.3 Å². The first-order chi connectivity index (χ1) is 13.1. The summed E-state index contributed by atoms with van der Waals surface area (Å²) in [6.45, 7) is 0.323. The van der Waals surface area contributed by atoms with Gasteiger partial charge in [0, 0.05) is 18.0 Å². The van der Waals surface area contributed by atoms with Crippen LogP contribution in [-0.2, 0) is 6.61 Å². The van der Waals surface area contributed by atoms with Crippen LogP contribution < -0.4 is 10.2 Å². The monoisotopic (exact) mass is 399 g/mol. The summed E-state index contributed by atoms with van der Waals surface area (Å²) in [6.07, 6.45) is 4.60. The van der Waals surface area contributed by atoms with E-state index in [9.17, 15) is 4.79 Å². The maximum absolute atomic E-state index is 12.0. The second-order valence-corrected chi connectivity index (χ2v) is 6.33. The molecule has 3 aromatic rings. The number of aromatic nitrogens is 1. The van der Waals surface area contributed by atoms with Crippen LogP contribution in [0.15, 0.2) is 72.1 Å². The van der Waals surface area contributed by atoms with Crippen LogP contribution in [0.2, 0.25) is 10.0 Å². The van der Waals surface area contributed by atoms with E-state index in [0.717, 1.165) is 11.1 Å². The molecule has 2 aromatic carbocycles. The summed E-state index contributed by atoms with van der Waals surface area (Å²) in [5.41, 5.74) is 4.51. The number of hydrazone groups is 1. The molecule has 0 aliphatic carbocycles. The zero-order valence-corrected chi connectivity index (χ0v) is 15.6. The lowest BCUT2D eigenvalue weighted by Gasteiger charge is -2.09. The van der Waals surface area contributed by atoms with Crippen molar-refractivity contribution in [1.29, 1.82) is 0 Å². The topological polar surface area (TPSA) is 63.6 Å². The van der Waals surface area contributed by atoms with Gasteiger partial charge in [0.25, 0.3) is 5.91 Å². The standard InChI is InChI=1S/C20H15Cl2N3O2/c21-17-8-7-14(10-18(17)22)13-27-19-6-2-1-4-15(19)12-24-25-20(26)16-5-3-9-23-11-16/h1-12H,13H2,(H,25,26)/b24-12-. The number of nitrogens with zero attached hydrogens (tertiary/aromatic N) is 2. The van der Waals surface area contributed by atoms with Crippen LogP contribution in [-0.4, -0.2) is 17.1 Å². The van der Waals surface area contributed by atoms with Gasteiger partial charge in [-0.15, -0.1) is 0 Å². The maximum atomic E-state index is 12.0. The number of rotatable bonds is 6. The van der Waals surface area contributed by atoms with Gasteiger partial charge in [-0.2, -0.15) is 5.10 Å². The molecular weight excluding hydrogens is 385 g/mol. The molecule has 1 aromatic heterocycles. The second kappa shape index (κ2) is 9.16. The number of amides is 1. The van der Waals surface area contributed by atoms with E-state index in [1.54, 1.807) is 30.5 Å². The lowest BCUT2D eigenvalue weighted by atomic mass is 10.2. The van der Waals surface area contributed by atoms with Crippen LogP contribution in [0.1, 0.15) is 21.5 Å². The molecule has 0 saturated heterocycles. The van der Waals surface area contributed by atoms with Gasteiger partial charge in [0.1, 0.15) is 12.4 Å². The van der Waals surface area contributed by atoms with E-state index >= 15 is 0 Å². The van der Waals surface area contributed by atoms with Gasteiger partial charge in [-0.1, -0.05) is 41.4 Å². The fourth-order valence-electron chi connectivity index (χ4n) is 2.23. The molecule has 136 valence electrons. The number of ether oxygens (including phenoxy) is 1. The molecule has 0 radical (unpaired) electrons. The van der Waals surface area contributed by atoms with E-state index in [2.05, 4.69) is 15.5 Å².